The Labute approximate surface area is 204 Å². The molecule has 178 valence electrons. The molecule has 7 nitrogen and oxygen atoms in total. The Morgan fingerprint density at radius 1 is 0.943 bits per heavy atom. The lowest BCUT2D eigenvalue weighted by molar-refractivity contribution is 0.0728. The summed E-state index contributed by atoms with van der Waals surface area (Å²) >= 11 is 0. The zero-order valence-electron chi connectivity index (χ0n) is 20.0. The summed E-state index contributed by atoms with van der Waals surface area (Å²) in [5, 5.41) is 8.38. The van der Waals surface area contributed by atoms with Crippen molar-refractivity contribution in [3.8, 4) is 34.4 Å². The van der Waals surface area contributed by atoms with E-state index in [2.05, 4.69) is 10.2 Å². The molecule has 0 spiro atoms. The predicted octanol–water partition coefficient (Wildman–Crippen LogP) is 5.53. The van der Waals surface area contributed by atoms with Crippen molar-refractivity contribution in [2.75, 3.05) is 14.2 Å². The highest BCUT2D eigenvalue weighted by molar-refractivity contribution is 5.95. The second kappa shape index (κ2) is 9.62. The Morgan fingerprint density at radius 3 is 2.34 bits per heavy atom. The van der Waals surface area contributed by atoms with Gasteiger partial charge in [-0.2, -0.15) is 0 Å². The number of rotatable bonds is 8. The first kappa shape index (κ1) is 22.7. The summed E-state index contributed by atoms with van der Waals surface area (Å²) < 4.78 is 16.8. The van der Waals surface area contributed by atoms with Gasteiger partial charge in [0.05, 0.1) is 20.8 Å². The van der Waals surface area contributed by atoms with Gasteiger partial charge in [0.1, 0.15) is 11.5 Å². The molecule has 7 heteroatoms. The number of aromatic nitrogens is 2. The molecule has 0 radical (unpaired) electrons. The minimum atomic E-state index is -0.0186. The quantitative estimate of drug-likeness (QED) is 0.337. The fourth-order valence-electron chi connectivity index (χ4n) is 4.10. The van der Waals surface area contributed by atoms with E-state index < -0.39 is 0 Å². The molecule has 1 fully saturated rings. The summed E-state index contributed by atoms with van der Waals surface area (Å²) in [6, 6.07) is 21.1. The molecule has 1 aliphatic carbocycles. The van der Waals surface area contributed by atoms with Gasteiger partial charge in [0.2, 0.25) is 11.8 Å². The van der Waals surface area contributed by atoms with E-state index in [0.29, 0.717) is 23.9 Å². The second-order valence-electron chi connectivity index (χ2n) is 8.70. The number of benzene rings is 3. The minimum Gasteiger partial charge on any atom is -0.497 e. The largest absolute Gasteiger partial charge is 0.497 e. The monoisotopic (exact) mass is 469 g/mol. The molecular formula is C28H27N3O4. The number of amides is 1. The molecule has 5 rings (SSSR count). The first-order valence-corrected chi connectivity index (χ1v) is 11.6. The summed E-state index contributed by atoms with van der Waals surface area (Å²) in [7, 11) is 3.26. The zero-order valence-corrected chi connectivity index (χ0v) is 20.0. The van der Waals surface area contributed by atoms with Gasteiger partial charge in [-0.25, -0.2) is 0 Å². The maximum absolute atomic E-state index is 13.5. The Hall–Kier alpha value is -4.13. The number of hydrogen-bond acceptors (Lipinski definition) is 6. The second-order valence-corrected chi connectivity index (χ2v) is 8.70. The SMILES string of the molecule is COc1ccc(OC)c(CN(C(=O)c2ccc(-c3nnc(-c4cccc(C)c4)o3)cc2)C2CC2)c1. The van der Waals surface area contributed by atoms with Gasteiger partial charge >= 0.3 is 0 Å². The molecule has 1 amide bonds. The summed E-state index contributed by atoms with van der Waals surface area (Å²) in [5.74, 6) is 2.34. The van der Waals surface area contributed by atoms with E-state index >= 15 is 0 Å². The Balaban J connectivity index is 1.35. The molecule has 0 N–H and O–H groups in total. The molecule has 4 aromatic rings. The van der Waals surface area contributed by atoms with Crippen molar-refractivity contribution < 1.29 is 18.7 Å². The highest BCUT2D eigenvalue weighted by Crippen LogP contribution is 2.33. The van der Waals surface area contributed by atoms with Crippen LogP contribution in [0.25, 0.3) is 22.9 Å². The van der Waals surface area contributed by atoms with Crippen LogP contribution in [0, 0.1) is 6.92 Å². The van der Waals surface area contributed by atoms with Gasteiger partial charge in [0, 0.05) is 28.3 Å². The van der Waals surface area contributed by atoms with Crippen LogP contribution < -0.4 is 9.47 Å². The highest BCUT2D eigenvalue weighted by Gasteiger charge is 2.33. The third-order valence-corrected chi connectivity index (χ3v) is 6.15. The summed E-state index contributed by atoms with van der Waals surface area (Å²) in [4.78, 5) is 15.4. The predicted molar refractivity (Wildman–Crippen MR) is 132 cm³/mol. The van der Waals surface area contributed by atoms with Gasteiger partial charge in [-0.05, 0) is 74.4 Å². The first-order valence-electron chi connectivity index (χ1n) is 11.6. The third kappa shape index (κ3) is 4.89. The van der Waals surface area contributed by atoms with Crippen LogP contribution in [0.5, 0.6) is 11.5 Å². The van der Waals surface area contributed by atoms with Gasteiger partial charge in [-0.15, -0.1) is 10.2 Å². The van der Waals surface area contributed by atoms with Crippen LogP contribution in [0.3, 0.4) is 0 Å². The van der Waals surface area contributed by atoms with Crippen molar-refractivity contribution in [1.82, 2.24) is 15.1 Å². The van der Waals surface area contributed by atoms with Gasteiger partial charge in [-0.1, -0.05) is 17.7 Å². The molecule has 1 saturated carbocycles. The topological polar surface area (TPSA) is 77.7 Å². The average Bonchev–Trinajstić information content (AvgIpc) is 3.61. The van der Waals surface area contributed by atoms with Crippen LogP contribution in [-0.2, 0) is 6.54 Å². The van der Waals surface area contributed by atoms with Gasteiger partial charge in [-0.3, -0.25) is 4.79 Å². The maximum Gasteiger partial charge on any atom is 0.254 e. The summed E-state index contributed by atoms with van der Waals surface area (Å²) in [6.45, 7) is 2.47. The lowest BCUT2D eigenvalue weighted by Gasteiger charge is -2.24. The fraction of sp³-hybridized carbons (Fsp3) is 0.250. The van der Waals surface area contributed by atoms with Crippen molar-refractivity contribution in [3.63, 3.8) is 0 Å². The van der Waals surface area contributed by atoms with E-state index in [9.17, 15) is 4.79 Å². The molecule has 0 bridgehead atoms. The Morgan fingerprint density at radius 2 is 1.69 bits per heavy atom. The van der Waals surface area contributed by atoms with Crippen LogP contribution >= 0.6 is 0 Å². The molecule has 0 unspecified atom stereocenters. The van der Waals surface area contributed by atoms with E-state index in [1.807, 2.05) is 78.6 Å². The van der Waals surface area contributed by atoms with E-state index in [1.54, 1.807) is 14.2 Å². The van der Waals surface area contributed by atoms with Crippen LogP contribution in [0.15, 0.2) is 71.1 Å². The molecule has 1 aliphatic rings. The number of hydrogen-bond donors (Lipinski definition) is 0. The Kier molecular flexibility index (Phi) is 6.23. The zero-order chi connectivity index (χ0) is 24.4. The molecule has 1 aromatic heterocycles. The lowest BCUT2D eigenvalue weighted by atomic mass is 10.1. The van der Waals surface area contributed by atoms with Crippen LogP contribution in [0.4, 0.5) is 0 Å². The van der Waals surface area contributed by atoms with Crippen LogP contribution in [0.1, 0.15) is 34.3 Å². The molecule has 1 heterocycles. The standard InChI is InChI=1S/C28H27N3O4/c1-18-5-4-6-21(15-18)27-30-29-26(35-27)19-7-9-20(10-8-19)28(32)31(23-11-12-23)17-22-16-24(33-2)13-14-25(22)34-3/h4-10,13-16,23H,11-12,17H2,1-3H3. The van der Waals surface area contributed by atoms with Gasteiger partial charge < -0.3 is 18.8 Å². The number of methoxy groups -OCH3 is 2. The normalized spacial score (nSPS) is 12.9. The van der Waals surface area contributed by atoms with Gasteiger partial charge in [0.15, 0.2) is 0 Å². The lowest BCUT2D eigenvalue weighted by Crippen LogP contribution is -2.32. The average molecular weight is 470 g/mol. The van der Waals surface area contributed by atoms with E-state index in [1.165, 1.54) is 0 Å². The van der Waals surface area contributed by atoms with Crippen molar-refractivity contribution >= 4 is 5.91 Å². The fourth-order valence-corrected chi connectivity index (χ4v) is 4.10. The minimum absolute atomic E-state index is 0.0186. The number of nitrogens with zero attached hydrogens (tertiary/aromatic N) is 3. The van der Waals surface area contributed by atoms with Crippen molar-refractivity contribution in [1.29, 1.82) is 0 Å². The maximum atomic E-state index is 13.5. The smallest absolute Gasteiger partial charge is 0.254 e. The number of carbonyl (C=O) groups excluding carboxylic acids is 1. The molecule has 0 aliphatic heterocycles. The highest BCUT2D eigenvalue weighted by atomic mass is 16.5. The van der Waals surface area contributed by atoms with E-state index in [0.717, 1.165) is 46.6 Å². The van der Waals surface area contributed by atoms with Crippen molar-refractivity contribution in [2.45, 2.75) is 32.4 Å². The number of aryl methyl sites for hydroxylation is 1. The molecule has 3 aromatic carbocycles. The molecule has 35 heavy (non-hydrogen) atoms. The van der Waals surface area contributed by atoms with Crippen molar-refractivity contribution in [3.05, 3.63) is 83.4 Å². The molecule has 0 atom stereocenters. The van der Waals surface area contributed by atoms with Crippen LogP contribution in [0.2, 0.25) is 0 Å². The molecular weight excluding hydrogens is 442 g/mol. The van der Waals surface area contributed by atoms with Gasteiger partial charge in [0.25, 0.3) is 5.91 Å². The number of carbonyl (C=O) groups is 1. The van der Waals surface area contributed by atoms with E-state index in [4.69, 9.17) is 13.9 Å². The van der Waals surface area contributed by atoms with Crippen LogP contribution in [-0.4, -0.2) is 41.3 Å². The summed E-state index contributed by atoms with van der Waals surface area (Å²) in [6.07, 6.45) is 2.00. The van der Waals surface area contributed by atoms with E-state index in [-0.39, 0.29) is 11.9 Å². The molecule has 0 saturated heterocycles. The summed E-state index contributed by atoms with van der Waals surface area (Å²) in [5.41, 5.74) is 4.29. The third-order valence-electron chi connectivity index (χ3n) is 6.15. The number of ether oxygens (including phenoxy) is 2. The Bertz CT molecular complexity index is 1340. The van der Waals surface area contributed by atoms with Crippen molar-refractivity contribution in [2.24, 2.45) is 0 Å². The first-order chi connectivity index (χ1) is 17.1.